The zero-order chi connectivity index (χ0) is 20.1. The fraction of sp³-hybridized carbons (Fsp3) is 0.227. The SMILES string of the molecule is Cc1ccc(Oc2nccnc2Sc2ccccc2C(=O)N2CCOCC2)cc1. The Morgan fingerprint density at radius 2 is 1.76 bits per heavy atom. The lowest BCUT2D eigenvalue weighted by atomic mass is 10.2. The summed E-state index contributed by atoms with van der Waals surface area (Å²) in [4.78, 5) is 24.4. The van der Waals surface area contributed by atoms with Gasteiger partial charge in [0.2, 0.25) is 0 Å². The van der Waals surface area contributed by atoms with Crippen molar-refractivity contribution in [1.29, 1.82) is 0 Å². The second-order valence-electron chi connectivity index (χ2n) is 6.58. The highest BCUT2D eigenvalue weighted by molar-refractivity contribution is 7.99. The fourth-order valence-electron chi connectivity index (χ4n) is 2.94. The van der Waals surface area contributed by atoms with Crippen LogP contribution in [-0.2, 0) is 4.74 Å². The van der Waals surface area contributed by atoms with E-state index in [-0.39, 0.29) is 5.91 Å². The molecule has 148 valence electrons. The van der Waals surface area contributed by atoms with E-state index in [1.54, 1.807) is 12.4 Å². The first-order chi connectivity index (χ1) is 14.2. The van der Waals surface area contributed by atoms with Gasteiger partial charge in [-0.3, -0.25) is 4.79 Å². The minimum absolute atomic E-state index is 0.00120. The van der Waals surface area contributed by atoms with E-state index in [1.165, 1.54) is 11.8 Å². The average Bonchev–Trinajstić information content (AvgIpc) is 2.77. The molecule has 0 unspecified atom stereocenters. The molecule has 0 aliphatic carbocycles. The van der Waals surface area contributed by atoms with E-state index >= 15 is 0 Å². The highest BCUT2D eigenvalue weighted by atomic mass is 32.2. The molecule has 0 N–H and O–H groups in total. The first-order valence-electron chi connectivity index (χ1n) is 9.40. The predicted molar refractivity (Wildman–Crippen MR) is 111 cm³/mol. The van der Waals surface area contributed by atoms with Crippen molar-refractivity contribution in [1.82, 2.24) is 14.9 Å². The van der Waals surface area contributed by atoms with Crippen LogP contribution in [0.5, 0.6) is 11.6 Å². The third kappa shape index (κ3) is 4.75. The first-order valence-corrected chi connectivity index (χ1v) is 10.2. The molecule has 1 aliphatic rings. The Morgan fingerprint density at radius 3 is 2.55 bits per heavy atom. The molecule has 1 aliphatic heterocycles. The van der Waals surface area contributed by atoms with E-state index in [2.05, 4.69) is 9.97 Å². The zero-order valence-electron chi connectivity index (χ0n) is 16.1. The van der Waals surface area contributed by atoms with Crippen molar-refractivity contribution in [2.45, 2.75) is 16.8 Å². The molecule has 7 heteroatoms. The van der Waals surface area contributed by atoms with Gasteiger partial charge >= 0.3 is 0 Å². The predicted octanol–water partition coefficient (Wildman–Crippen LogP) is 4.20. The number of hydrogen-bond acceptors (Lipinski definition) is 6. The Hall–Kier alpha value is -2.90. The zero-order valence-corrected chi connectivity index (χ0v) is 16.9. The Balaban J connectivity index is 1.58. The van der Waals surface area contributed by atoms with Crippen LogP contribution in [0.15, 0.2) is 70.8 Å². The normalized spacial score (nSPS) is 13.9. The monoisotopic (exact) mass is 407 g/mol. The summed E-state index contributed by atoms with van der Waals surface area (Å²) in [6.45, 7) is 4.37. The maximum atomic E-state index is 13.0. The van der Waals surface area contributed by atoms with Crippen molar-refractivity contribution >= 4 is 17.7 Å². The van der Waals surface area contributed by atoms with Gasteiger partial charge in [-0.1, -0.05) is 41.6 Å². The number of amides is 1. The molecule has 1 amide bonds. The summed E-state index contributed by atoms with van der Waals surface area (Å²) in [7, 11) is 0. The van der Waals surface area contributed by atoms with Gasteiger partial charge in [0.1, 0.15) is 5.75 Å². The molecule has 0 radical (unpaired) electrons. The number of carbonyl (C=O) groups excluding carboxylic acids is 1. The van der Waals surface area contributed by atoms with Gasteiger partial charge in [-0.25, -0.2) is 9.97 Å². The number of aromatic nitrogens is 2. The molecule has 29 heavy (non-hydrogen) atoms. The lowest BCUT2D eigenvalue weighted by molar-refractivity contribution is 0.0300. The standard InChI is InChI=1S/C22H21N3O3S/c1-16-6-8-17(9-7-16)28-20-21(24-11-10-23-20)29-19-5-3-2-4-18(19)22(26)25-12-14-27-15-13-25/h2-11H,12-15H2,1H3. The molecule has 0 spiro atoms. The van der Waals surface area contributed by atoms with Gasteiger partial charge < -0.3 is 14.4 Å². The summed E-state index contributed by atoms with van der Waals surface area (Å²) >= 11 is 1.38. The number of carbonyl (C=O) groups is 1. The van der Waals surface area contributed by atoms with Gasteiger partial charge in [-0.15, -0.1) is 0 Å². The van der Waals surface area contributed by atoms with Gasteiger partial charge in [0.15, 0.2) is 5.03 Å². The van der Waals surface area contributed by atoms with E-state index in [0.717, 1.165) is 10.5 Å². The molecule has 0 bridgehead atoms. The van der Waals surface area contributed by atoms with Crippen LogP contribution < -0.4 is 4.74 Å². The number of ether oxygens (including phenoxy) is 2. The van der Waals surface area contributed by atoms with E-state index in [1.807, 2.05) is 60.4 Å². The molecule has 0 atom stereocenters. The Morgan fingerprint density at radius 1 is 1.03 bits per heavy atom. The van der Waals surface area contributed by atoms with Gasteiger partial charge in [0.25, 0.3) is 11.8 Å². The third-order valence-electron chi connectivity index (χ3n) is 4.49. The summed E-state index contributed by atoms with van der Waals surface area (Å²) < 4.78 is 11.3. The van der Waals surface area contributed by atoms with Gasteiger partial charge in [0.05, 0.1) is 18.8 Å². The highest BCUT2D eigenvalue weighted by Crippen LogP contribution is 2.36. The van der Waals surface area contributed by atoms with E-state index in [4.69, 9.17) is 9.47 Å². The van der Waals surface area contributed by atoms with Crippen LogP contribution in [0.4, 0.5) is 0 Å². The molecule has 1 fully saturated rings. The van der Waals surface area contributed by atoms with E-state index in [0.29, 0.717) is 48.5 Å². The van der Waals surface area contributed by atoms with Crippen molar-refractivity contribution in [2.75, 3.05) is 26.3 Å². The number of nitrogens with zero attached hydrogens (tertiary/aromatic N) is 3. The summed E-state index contributed by atoms with van der Waals surface area (Å²) in [6.07, 6.45) is 3.22. The second kappa shape index (κ2) is 9.07. The van der Waals surface area contributed by atoms with Crippen LogP contribution in [0, 0.1) is 6.92 Å². The van der Waals surface area contributed by atoms with E-state index < -0.39 is 0 Å². The smallest absolute Gasteiger partial charge is 0.255 e. The average molecular weight is 407 g/mol. The Labute approximate surface area is 173 Å². The van der Waals surface area contributed by atoms with Crippen LogP contribution in [0.25, 0.3) is 0 Å². The summed E-state index contributed by atoms with van der Waals surface area (Å²) in [5.41, 5.74) is 1.80. The van der Waals surface area contributed by atoms with Gasteiger partial charge in [-0.05, 0) is 31.2 Å². The van der Waals surface area contributed by atoms with Crippen LogP contribution in [0.2, 0.25) is 0 Å². The van der Waals surface area contributed by atoms with Crippen molar-refractivity contribution in [3.8, 4) is 11.6 Å². The first kappa shape index (κ1) is 19.4. The topological polar surface area (TPSA) is 64.6 Å². The van der Waals surface area contributed by atoms with Crippen molar-refractivity contribution < 1.29 is 14.3 Å². The van der Waals surface area contributed by atoms with Gasteiger partial charge in [0, 0.05) is 30.4 Å². The highest BCUT2D eigenvalue weighted by Gasteiger charge is 2.22. The summed E-state index contributed by atoms with van der Waals surface area (Å²) in [5, 5.41) is 0.607. The van der Waals surface area contributed by atoms with Crippen LogP contribution in [-0.4, -0.2) is 47.1 Å². The lowest BCUT2D eigenvalue weighted by Gasteiger charge is -2.27. The molecule has 3 aromatic rings. The molecular weight excluding hydrogens is 386 g/mol. The fourth-order valence-corrected chi connectivity index (χ4v) is 3.86. The quantitative estimate of drug-likeness (QED) is 0.632. The maximum Gasteiger partial charge on any atom is 0.255 e. The Kier molecular flexibility index (Phi) is 6.07. The van der Waals surface area contributed by atoms with Crippen molar-refractivity contribution in [3.63, 3.8) is 0 Å². The summed E-state index contributed by atoms with van der Waals surface area (Å²) in [5.74, 6) is 1.10. The number of rotatable bonds is 5. The van der Waals surface area contributed by atoms with Crippen LogP contribution >= 0.6 is 11.8 Å². The van der Waals surface area contributed by atoms with Crippen LogP contribution in [0.3, 0.4) is 0 Å². The molecular formula is C22H21N3O3S. The number of benzene rings is 2. The molecule has 6 nitrogen and oxygen atoms in total. The lowest BCUT2D eigenvalue weighted by Crippen LogP contribution is -2.40. The van der Waals surface area contributed by atoms with Crippen molar-refractivity contribution in [3.05, 3.63) is 72.1 Å². The molecule has 2 aromatic carbocycles. The van der Waals surface area contributed by atoms with E-state index in [9.17, 15) is 4.79 Å². The number of morpholine rings is 1. The molecule has 0 saturated carbocycles. The molecule has 2 heterocycles. The van der Waals surface area contributed by atoms with Crippen molar-refractivity contribution in [2.24, 2.45) is 0 Å². The Bertz CT molecular complexity index is 989. The maximum absolute atomic E-state index is 13.0. The summed E-state index contributed by atoms with van der Waals surface area (Å²) in [6, 6.07) is 15.3. The minimum atomic E-state index is 0.00120. The van der Waals surface area contributed by atoms with Gasteiger partial charge in [-0.2, -0.15) is 0 Å². The minimum Gasteiger partial charge on any atom is -0.437 e. The van der Waals surface area contributed by atoms with Crippen LogP contribution in [0.1, 0.15) is 15.9 Å². The molecule has 4 rings (SSSR count). The number of aryl methyl sites for hydroxylation is 1. The second-order valence-corrected chi connectivity index (χ2v) is 7.62. The largest absolute Gasteiger partial charge is 0.437 e. The number of hydrogen-bond donors (Lipinski definition) is 0. The molecule has 1 saturated heterocycles. The third-order valence-corrected chi connectivity index (χ3v) is 5.54. The molecule has 1 aromatic heterocycles.